The number of carbonyl (C=O) groups is 1. The molecule has 1 spiro atoms. The highest BCUT2D eigenvalue weighted by molar-refractivity contribution is 5.74. The lowest BCUT2D eigenvalue weighted by atomic mass is 9.94. The Hall–Kier alpha value is -1.51. The molecular weight excluding hydrogens is 202 g/mol. The summed E-state index contributed by atoms with van der Waals surface area (Å²) < 4.78 is 0. The maximum absolute atomic E-state index is 10.8. The van der Waals surface area contributed by atoms with Crippen molar-refractivity contribution in [3.8, 4) is 0 Å². The van der Waals surface area contributed by atoms with E-state index < -0.39 is 5.97 Å². The van der Waals surface area contributed by atoms with Crippen LogP contribution in [0.4, 0.5) is 5.69 Å². The first kappa shape index (κ1) is 9.70. The molecule has 1 N–H and O–H groups in total. The summed E-state index contributed by atoms with van der Waals surface area (Å²) in [5.74, 6) is -0.755. The van der Waals surface area contributed by atoms with E-state index in [-0.39, 0.29) is 6.42 Å². The van der Waals surface area contributed by atoms with Gasteiger partial charge in [-0.15, -0.1) is 0 Å². The number of carboxylic acid groups (broad SMARTS) is 1. The second-order valence-corrected chi connectivity index (χ2v) is 5.06. The Kier molecular flexibility index (Phi) is 1.96. The van der Waals surface area contributed by atoms with E-state index in [1.165, 1.54) is 12.8 Å². The normalized spacial score (nSPS) is 20.6. The lowest BCUT2D eigenvalue weighted by Crippen LogP contribution is -2.48. The van der Waals surface area contributed by atoms with Gasteiger partial charge in [-0.05, 0) is 24.5 Å². The maximum atomic E-state index is 10.8. The first-order valence-electron chi connectivity index (χ1n) is 5.73. The number of hydrogen-bond donors (Lipinski definition) is 1. The quantitative estimate of drug-likeness (QED) is 0.840. The summed E-state index contributed by atoms with van der Waals surface area (Å²) in [6.45, 7) is 2.23. The highest BCUT2D eigenvalue weighted by Crippen LogP contribution is 2.54. The maximum Gasteiger partial charge on any atom is 0.307 e. The number of carboxylic acids is 1. The van der Waals surface area contributed by atoms with Gasteiger partial charge in [-0.2, -0.15) is 0 Å². The van der Waals surface area contributed by atoms with E-state index in [1.807, 2.05) is 24.3 Å². The average Bonchev–Trinajstić information content (AvgIpc) is 2.95. The lowest BCUT2D eigenvalue weighted by Gasteiger charge is -2.42. The van der Waals surface area contributed by atoms with Crippen LogP contribution >= 0.6 is 0 Å². The van der Waals surface area contributed by atoms with Crippen LogP contribution < -0.4 is 4.90 Å². The van der Waals surface area contributed by atoms with Gasteiger partial charge in [0.25, 0.3) is 0 Å². The van der Waals surface area contributed by atoms with Gasteiger partial charge in [0.1, 0.15) is 0 Å². The predicted octanol–water partition coefficient (Wildman–Crippen LogP) is 1.91. The van der Waals surface area contributed by atoms with Crippen molar-refractivity contribution in [3.63, 3.8) is 0 Å². The van der Waals surface area contributed by atoms with E-state index in [4.69, 9.17) is 5.11 Å². The van der Waals surface area contributed by atoms with Crippen LogP contribution in [-0.4, -0.2) is 24.2 Å². The molecule has 0 aromatic heterocycles. The standard InChI is InChI=1S/C13H15NO2/c15-12(16)7-10-3-1-2-4-11(10)14-8-13(9-14)5-6-13/h1-4H,5-9H2,(H,15,16). The van der Waals surface area contributed by atoms with Gasteiger partial charge < -0.3 is 10.0 Å². The molecule has 16 heavy (non-hydrogen) atoms. The smallest absolute Gasteiger partial charge is 0.307 e. The molecule has 1 saturated carbocycles. The van der Waals surface area contributed by atoms with Gasteiger partial charge in [0.05, 0.1) is 6.42 Å². The minimum absolute atomic E-state index is 0.125. The number of benzene rings is 1. The van der Waals surface area contributed by atoms with E-state index in [9.17, 15) is 4.79 Å². The fourth-order valence-electron chi connectivity index (χ4n) is 2.56. The third-order valence-corrected chi connectivity index (χ3v) is 3.68. The van der Waals surface area contributed by atoms with Crippen LogP contribution in [0.1, 0.15) is 18.4 Å². The number of rotatable bonds is 3. The molecule has 1 aliphatic heterocycles. The average molecular weight is 217 g/mol. The Morgan fingerprint density at radius 1 is 1.31 bits per heavy atom. The van der Waals surface area contributed by atoms with Crippen LogP contribution in [0.3, 0.4) is 0 Å². The van der Waals surface area contributed by atoms with Crippen molar-refractivity contribution in [3.05, 3.63) is 29.8 Å². The Balaban J connectivity index is 1.80. The molecule has 0 amide bonds. The van der Waals surface area contributed by atoms with Gasteiger partial charge in [-0.3, -0.25) is 4.79 Å². The van der Waals surface area contributed by atoms with Gasteiger partial charge >= 0.3 is 5.97 Å². The molecule has 1 aliphatic carbocycles. The van der Waals surface area contributed by atoms with E-state index >= 15 is 0 Å². The van der Waals surface area contributed by atoms with Crippen molar-refractivity contribution >= 4 is 11.7 Å². The van der Waals surface area contributed by atoms with Crippen molar-refractivity contribution in [1.82, 2.24) is 0 Å². The molecule has 3 nitrogen and oxygen atoms in total. The van der Waals surface area contributed by atoms with Gasteiger partial charge in [-0.1, -0.05) is 18.2 Å². The summed E-state index contributed by atoms with van der Waals surface area (Å²) in [4.78, 5) is 13.1. The molecule has 1 aromatic carbocycles. The van der Waals surface area contributed by atoms with E-state index in [0.29, 0.717) is 5.41 Å². The Bertz CT molecular complexity index is 429. The van der Waals surface area contributed by atoms with Gasteiger partial charge in [0, 0.05) is 24.2 Å². The zero-order chi connectivity index (χ0) is 11.2. The van der Waals surface area contributed by atoms with E-state index in [0.717, 1.165) is 24.3 Å². The highest BCUT2D eigenvalue weighted by Gasteiger charge is 2.52. The predicted molar refractivity (Wildman–Crippen MR) is 61.7 cm³/mol. The fraction of sp³-hybridized carbons (Fsp3) is 0.462. The van der Waals surface area contributed by atoms with Crippen molar-refractivity contribution in [2.45, 2.75) is 19.3 Å². The van der Waals surface area contributed by atoms with Crippen molar-refractivity contribution < 1.29 is 9.90 Å². The molecular formula is C13H15NO2. The van der Waals surface area contributed by atoms with E-state index in [2.05, 4.69) is 4.90 Å². The summed E-state index contributed by atoms with van der Waals surface area (Å²) in [7, 11) is 0. The second-order valence-electron chi connectivity index (χ2n) is 5.06. The Morgan fingerprint density at radius 3 is 2.62 bits per heavy atom. The van der Waals surface area contributed by atoms with Crippen LogP contribution in [0.2, 0.25) is 0 Å². The Labute approximate surface area is 94.7 Å². The minimum atomic E-state index is -0.755. The molecule has 1 heterocycles. The fourth-order valence-corrected chi connectivity index (χ4v) is 2.56. The van der Waals surface area contributed by atoms with Crippen LogP contribution in [0, 0.1) is 5.41 Å². The molecule has 84 valence electrons. The van der Waals surface area contributed by atoms with Crippen molar-refractivity contribution in [1.29, 1.82) is 0 Å². The van der Waals surface area contributed by atoms with Gasteiger partial charge in [0.2, 0.25) is 0 Å². The molecule has 3 heteroatoms. The molecule has 0 atom stereocenters. The molecule has 0 unspecified atom stereocenters. The SMILES string of the molecule is O=C(O)Cc1ccccc1N1CC2(CC2)C1. The minimum Gasteiger partial charge on any atom is -0.481 e. The largest absolute Gasteiger partial charge is 0.481 e. The van der Waals surface area contributed by atoms with Crippen molar-refractivity contribution in [2.75, 3.05) is 18.0 Å². The zero-order valence-corrected chi connectivity index (χ0v) is 9.15. The summed E-state index contributed by atoms with van der Waals surface area (Å²) in [5.41, 5.74) is 2.66. The van der Waals surface area contributed by atoms with Crippen LogP contribution in [0.25, 0.3) is 0 Å². The number of nitrogens with zero attached hydrogens (tertiary/aromatic N) is 1. The molecule has 0 radical (unpaired) electrons. The lowest BCUT2D eigenvalue weighted by molar-refractivity contribution is -0.136. The summed E-state index contributed by atoms with van der Waals surface area (Å²) in [5, 5.41) is 8.86. The number of para-hydroxylation sites is 1. The summed E-state index contributed by atoms with van der Waals surface area (Å²) in [6, 6.07) is 7.85. The summed E-state index contributed by atoms with van der Waals surface area (Å²) >= 11 is 0. The molecule has 0 bridgehead atoms. The molecule has 2 aliphatic rings. The highest BCUT2D eigenvalue weighted by atomic mass is 16.4. The number of anilines is 1. The van der Waals surface area contributed by atoms with Crippen LogP contribution in [0.5, 0.6) is 0 Å². The summed E-state index contributed by atoms with van der Waals surface area (Å²) in [6.07, 6.45) is 2.83. The molecule has 1 saturated heterocycles. The Morgan fingerprint density at radius 2 is 2.00 bits per heavy atom. The van der Waals surface area contributed by atoms with Crippen LogP contribution in [0.15, 0.2) is 24.3 Å². The van der Waals surface area contributed by atoms with Crippen molar-refractivity contribution in [2.24, 2.45) is 5.41 Å². The van der Waals surface area contributed by atoms with Gasteiger partial charge in [-0.25, -0.2) is 0 Å². The topological polar surface area (TPSA) is 40.5 Å². The molecule has 3 rings (SSSR count). The van der Waals surface area contributed by atoms with Gasteiger partial charge in [0.15, 0.2) is 0 Å². The number of hydrogen-bond acceptors (Lipinski definition) is 2. The third kappa shape index (κ3) is 1.56. The second kappa shape index (κ2) is 3.24. The third-order valence-electron chi connectivity index (χ3n) is 3.68. The first-order valence-corrected chi connectivity index (χ1v) is 5.73. The van der Waals surface area contributed by atoms with Crippen LogP contribution in [-0.2, 0) is 11.2 Å². The zero-order valence-electron chi connectivity index (χ0n) is 9.15. The first-order chi connectivity index (χ1) is 7.69. The molecule has 2 fully saturated rings. The number of aliphatic carboxylic acids is 1. The molecule has 1 aromatic rings. The van der Waals surface area contributed by atoms with E-state index in [1.54, 1.807) is 0 Å². The monoisotopic (exact) mass is 217 g/mol.